The minimum atomic E-state index is -4.46. The van der Waals surface area contributed by atoms with Crippen molar-refractivity contribution in [1.82, 2.24) is 10.2 Å². The van der Waals surface area contributed by atoms with Gasteiger partial charge in [-0.05, 0) is 18.6 Å². The molecule has 0 saturated heterocycles. The van der Waals surface area contributed by atoms with Crippen LogP contribution in [0.15, 0.2) is 39.6 Å². The van der Waals surface area contributed by atoms with Gasteiger partial charge in [-0.25, -0.2) is 12.8 Å². The smallest absolute Gasteiger partial charge is 0.294 e. The Bertz CT molecular complexity index is 834. The molecule has 1 aliphatic rings. The molecule has 0 amide bonds. The zero-order valence-corrected chi connectivity index (χ0v) is 13.2. The van der Waals surface area contributed by atoms with E-state index in [4.69, 9.17) is 4.42 Å². The summed E-state index contributed by atoms with van der Waals surface area (Å²) in [6.45, 7) is 1.45. The normalized spacial score (nSPS) is 21.3. The van der Waals surface area contributed by atoms with Crippen molar-refractivity contribution in [3.8, 4) is 0 Å². The predicted molar refractivity (Wildman–Crippen MR) is 77.8 cm³/mol. The number of ketones is 1. The van der Waals surface area contributed by atoms with Crippen LogP contribution in [0.4, 0.5) is 4.39 Å². The summed E-state index contributed by atoms with van der Waals surface area (Å²) < 4.78 is 46.9. The largest absolute Gasteiger partial charge is 0.421 e. The number of sulfone groups is 1. The van der Waals surface area contributed by atoms with Gasteiger partial charge in [0.25, 0.3) is 10.9 Å². The van der Waals surface area contributed by atoms with Gasteiger partial charge >= 0.3 is 0 Å². The van der Waals surface area contributed by atoms with Gasteiger partial charge in [-0.15, -0.1) is 10.2 Å². The van der Waals surface area contributed by atoms with Gasteiger partial charge in [0.15, 0.2) is 0 Å². The molecule has 23 heavy (non-hydrogen) atoms. The lowest BCUT2D eigenvalue weighted by Crippen LogP contribution is -2.38. The topological polar surface area (TPSA) is 90.1 Å². The zero-order chi connectivity index (χ0) is 16.7. The lowest BCUT2D eigenvalue weighted by molar-refractivity contribution is -0.117. The number of alkyl halides is 1. The van der Waals surface area contributed by atoms with Crippen LogP contribution in [0, 0.1) is 12.8 Å². The van der Waals surface area contributed by atoms with Gasteiger partial charge in [0.1, 0.15) is 5.78 Å². The van der Waals surface area contributed by atoms with Gasteiger partial charge in [0.2, 0.25) is 15.7 Å². The number of benzene rings is 1. The van der Waals surface area contributed by atoms with Crippen molar-refractivity contribution in [3.05, 3.63) is 42.1 Å². The van der Waals surface area contributed by atoms with E-state index in [9.17, 15) is 13.2 Å². The molecule has 3 rings (SSSR count). The third-order valence-electron chi connectivity index (χ3n) is 4.03. The van der Waals surface area contributed by atoms with Crippen LogP contribution in [0.3, 0.4) is 0 Å². The first-order chi connectivity index (χ1) is 10.9. The number of aromatic nitrogens is 2. The van der Waals surface area contributed by atoms with E-state index in [1.165, 1.54) is 31.2 Å². The lowest BCUT2D eigenvalue weighted by Gasteiger charge is -2.27. The van der Waals surface area contributed by atoms with Crippen LogP contribution in [0.1, 0.15) is 31.0 Å². The van der Waals surface area contributed by atoms with Crippen LogP contribution in [-0.4, -0.2) is 24.4 Å². The molecule has 0 radical (unpaired) electrons. The van der Waals surface area contributed by atoms with Gasteiger partial charge in [0, 0.05) is 25.7 Å². The fourth-order valence-corrected chi connectivity index (χ4v) is 4.66. The molecule has 1 unspecified atom stereocenters. The molecule has 122 valence electrons. The van der Waals surface area contributed by atoms with E-state index in [0.29, 0.717) is 0 Å². The average molecular weight is 338 g/mol. The SMILES string of the molecule is Cc1nnc(C(F)([C@H]2CCC(=O)C2)S(=O)(=O)c2ccccc2)o1. The molecule has 1 aliphatic carbocycles. The van der Waals surface area contributed by atoms with Crippen LogP contribution >= 0.6 is 0 Å². The summed E-state index contributed by atoms with van der Waals surface area (Å²) in [4.78, 5) is 11.4. The van der Waals surface area contributed by atoms with E-state index >= 15 is 4.39 Å². The van der Waals surface area contributed by atoms with Crippen molar-refractivity contribution < 1.29 is 22.0 Å². The van der Waals surface area contributed by atoms with Crippen LogP contribution in [0.2, 0.25) is 0 Å². The van der Waals surface area contributed by atoms with Gasteiger partial charge in [-0.1, -0.05) is 18.2 Å². The summed E-state index contributed by atoms with van der Waals surface area (Å²) >= 11 is 0. The molecule has 6 nitrogen and oxygen atoms in total. The van der Waals surface area contributed by atoms with E-state index in [1.807, 2.05) is 0 Å². The fraction of sp³-hybridized carbons (Fsp3) is 0.400. The molecule has 0 bridgehead atoms. The van der Waals surface area contributed by atoms with Crippen molar-refractivity contribution in [2.45, 2.75) is 36.1 Å². The number of hydrogen-bond acceptors (Lipinski definition) is 6. The summed E-state index contributed by atoms with van der Waals surface area (Å²) in [5, 5.41) is 4.23. The van der Waals surface area contributed by atoms with Gasteiger partial charge in [-0.3, -0.25) is 4.79 Å². The molecule has 2 aromatic rings. The van der Waals surface area contributed by atoms with Crippen LogP contribution in [0.5, 0.6) is 0 Å². The standard InChI is InChI=1S/C15H15FN2O4S/c1-10-17-18-14(22-10)15(16,11-7-8-12(19)9-11)23(20,21)13-5-3-2-4-6-13/h2-6,11H,7-9H2,1H3/t11-,15?/m0/s1. The maximum atomic E-state index is 15.9. The Labute approximate surface area is 132 Å². The van der Waals surface area contributed by atoms with Crippen molar-refractivity contribution >= 4 is 15.6 Å². The maximum Gasteiger partial charge on any atom is 0.294 e. The van der Waals surface area contributed by atoms with Crippen LogP contribution in [-0.2, 0) is 19.6 Å². The Morgan fingerprint density at radius 3 is 2.48 bits per heavy atom. The molecular formula is C15H15FN2O4S. The zero-order valence-electron chi connectivity index (χ0n) is 12.4. The summed E-state index contributed by atoms with van der Waals surface area (Å²) in [5.74, 6) is -1.76. The fourth-order valence-electron chi connectivity index (χ4n) is 2.85. The number of halogens is 1. The summed E-state index contributed by atoms with van der Waals surface area (Å²) in [5.41, 5.74) is 0. The first-order valence-electron chi connectivity index (χ1n) is 7.16. The molecule has 2 atom stereocenters. The van der Waals surface area contributed by atoms with E-state index in [2.05, 4.69) is 10.2 Å². The average Bonchev–Trinajstić information content (AvgIpc) is 3.16. The molecular weight excluding hydrogens is 323 g/mol. The van der Waals surface area contributed by atoms with Crippen molar-refractivity contribution in [3.63, 3.8) is 0 Å². The second-order valence-corrected chi connectivity index (χ2v) is 7.64. The number of aryl methyl sites for hydroxylation is 1. The van der Waals surface area contributed by atoms with E-state index in [-0.39, 0.29) is 35.8 Å². The highest BCUT2D eigenvalue weighted by Crippen LogP contribution is 2.48. The van der Waals surface area contributed by atoms with Gasteiger partial charge < -0.3 is 4.42 Å². The van der Waals surface area contributed by atoms with Crippen LogP contribution in [0.25, 0.3) is 0 Å². The first kappa shape index (κ1) is 15.8. The molecule has 1 heterocycles. The number of nitrogens with zero attached hydrogens (tertiary/aromatic N) is 2. The molecule has 1 fully saturated rings. The highest BCUT2D eigenvalue weighted by atomic mass is 32.2. The van der Waals surface area contributed by atoms with E-state index in [1.54, 1.807) is 6.07 Å². The van der Waals surface area contributed by atoms with Crippen molar-refractivity contribution in [1.29, 1.82) is 0 Å². The molecule has 0 N–H and O–H groups in total. The van der Waals surface area contributed by atoms with E-state index < -0.39 is 26.6 Å². The number of Topliss-reactive ketones (excluding diaryl/α,β-unsaturated/α-hetero) is 1. The third-order valence-corrected chi connectivity index (χ3v) is 6.22. The lowest BCUT2D eigenvalue weighted by atomic mass is 10.0. The summed E-state index contributed by atoms with van der Waals surface area (Å²) in [6, 6.07) is 7.26. The Kier molecular flexibility index (Phi) is 3.79. The summed E-state index contributed by atoms with van der Waals surface area (Å²) in [6.07, 6.45) is 0.112. The van der Waals surface area contributed by atoms with E-state index in [0.717, 1.165) is 0 Å². The molecule has 0 aliphatic heterocycles. The number of carbonyl (C=O) groups excluding carboxylic acids is 1. The second kappa shape index (κ2) is 5.52. The van der Waals surface area contributed by atoms with Gasteiger partial charge in [0.05, 0.1) is 4.90 Å². The Hall–Kier alpha value is -2.09. The molecule has 1 aromatic heterocycles. The van der Waals surface area contributed by atoms with Gasteiger partial charge in [-0.2, -0.15) is 0 Å². The number of hydrogen-bond donors (Lipinski definition) is 0. The molecule has 0 spiro atoms. The minimum Gasteiger partial charge on any atom is -0.421 e. The third kappa shape index (κ3) is 2.46. The minimum absolute atomic E-state index is 0.0645. The molecule has 1 aromatic carbocycles. The van der Waals surface area contributed by atoms with Crippen molar-refractivity contribution in [2.24, 2.45) is 5.92 Å². The Morgan fingerprint density at radius 2 is 1.96 bits per heavy atom. The monoisotopic (exact) mass is 338 g/mol. The van der Waals surface area contributed by atoms with Crippen LogP contribution < -0.4 is 0 Å². The molecule has 8 heteroatoms. The van der Waals surface area contributed by atoms with Crippen molar-refractivity contribution in [2.75, 3.05) is 0 Å². The maximum absolute atomic E-state index is 15.9. The molecule has 1 saturated carbocycles. The number of rotatable bonds is 4. The highest BCUT2D eigenvalue weighted by Gasteiger charge is 2.58. The first-order valence-corrected chi connectivity index (χ1v) is 8.65. The second-order valence-electron chi connectivity index (χ2n) is 5.57. The predicted octanol–water partition coefficient (Wildman–Crippen LogP) is 2.34. The quantitative estimate of drug-likeness (QED) is 0.850. The summed E-state index contributed by atoms with van der Waals surface area (Å²) in [7, 11) is -4.46. The number of carbonyl (C=O) groups is 1. The Morgan fingerprint density at radius 1 is 1.26 bits per heavy atom. The highest BCUT2D eigenvalue weighted by molar-refractivity contribution is 7.92. The Balaban J connectivity index is 2.18.